The van der Waals surface area contributed by atoms with Crippen molar-refractivity contribution in [3.63, 3.8) is 0 Å². The molecule has 1 atom stereocenters. The van der Waals surface area contributed by atoms with E-state index in [1.54, 1.807) is 32.4 Å². The van der Waals surface area contributed by atoms with Crippen LogP contribution in [0.2, 0.25) is 5.02 Å². The van der Waals surface area contributed by atoms with Crippen LogP contribution in [-0.4, -0.2) is 41.9 Å². The van der Waals surface area contributed by atoms with Gasteiger partial charge in [-0.1, -0.05) is 16.8 Å². The highest BCUT2D eigenvalue weighted by molar-refractivity contribution is 6.32. The van der Waals surface area contributed by atoms with Crippen molar-refractivity contribution in [1.82, 2.24) is 15.0 Å². The van der Waals surface area contributed by atoms with Gasteiger partial charge in [0.15, 0.2) is 17.3 Å². The topological polar surface area (TPSA) is 86.9 Å². The molecule has 0 spiro atoms. The van der Waals surface area contributed by atoms with Gasteiger partial charge < -0.3 is 23.6 Å². The summed E-state index contributed by atoms with van der Waals surface area (Å²) in [6, 6.07) is 3.46. The smallest absolute Gasteiger partial charge is 0.246 e. The standard InChI is InChI=1S/C17H18ClN3O5/c1-10(23-3)17-19-14(26-20-17)8-21(2)15(22)5-4-11-6-12(18)16-13(7-11)24-9-25-16/h4-7,10H,8-9H2,1-3H3/b5-4-/t10-/m0/s1. The van der Waals surface area contributed by atoms with Crippen molar-refractivity contribution in [1.29, 1.82) is 0 Å². The summed E-state index contributed by atoms with van der Waals surface area (Å²) in [5, 5.41) is 4.26. The molecule has 0 fully saturated rings. The first kappa shape index (κ1) is 18.2. The largest absolute Gasteiger partial charge is 0.454 e. The van der Waals surface area contributed by atoms with Gasteiger partial charge in [0.2, 0.25) is 18.6 Å². The molecule has 138 valence electrons. The number of carbonyl (C=O) groups excluding carboxylic acids is 1. The van der Waals surface area contributed by atoms with Crippen molar-refractivity contribution in [2.24, 2.45) is 0 Å². The summed E-state index contributed by atoms with van der Waals surface area (Å²) in [4.78, 5) is 17.9. The Balaban J connectivity index is 1.63. The number of ether oxygens (including phenoxy) is 3. The minimum atomic E-state index is -0.274. The van der Waals surface area contributed by atoms with Crippen LogP contribution in [0.4, 0.5) is 0 Å². The maximum absolute atomic E-state index is 12.3. The maximum atomic E-state index is 12.3. The molecule has 8 nitrogen and oxygen atoms in total. The number of rotatable bonds is 6. The average molecular weight is 380 g/mol. The number of nitrogens with zero attached hydrogens (tertiary/aromatic N) is 3. The van der Waals surface area contributed by atoms with Crippen LogP contribution >= 0.6 is 11.6 Å². The Labute approximate surface area is 155 Å². The number of hydrogen-bond donors (Lipinski definition) is 0. The number of likely N-dealkylation sites (N-methyl/N-ethyl adjacent to an activating group) is 1. The Hall–Kier alpha value is -2.58. The predicted molar refractivity (Wildman–Crippen MR) is 92.8 cm³/mol. The molecular formula is C17H18ClN3O5. The van der Waals surface area contributed by atoms with Crippen LogP contribution < -0.4 is 9.47 Å². The lowest BCUT2D eigenvalue weighted by Gasteiger charge is -2.11. The zero-order valence-corrected chi connectivity index (χ0v) is 15.3. The fraction of sp³-hybridized carbons (Fsp3) is 0.353. The number of aromatic nitrogens is 2. The van der Waals surface area contributed by atoms with Gasteiger partial charge in [0, 0.05) is 20.2 Å². The van der Waals surface area contributed by atoms with Crippen molar-refractivity contribution in [2.75, 3.05) is 21.0 Å². The fourth-order valence-electron chi connectivity index (χ4n) is 2.26. The van der Waals surface area contributed by atoms with Crippen molar-refractivity contribution in [2.45, 2.75) is 19.6 Å². The lowest BCUT2D eigenvalue weighted by molar-refractivity contribution is -0.125. The molecule has 0 N–H and O–H groups in total. The monoisotopic (exact) mass is 379 g/mol. The van der Waals surface area contributed by atoms with E-state index in [9.17, 15) is 4.79 Å². The van der Waals surface area contributed by atoms with Gasteiger partial charge in [0.1, 0.15) is 6.10 Å². The quantitative estimate of drug-likeness (QED) is 0.713. The molecule has 0 unspecified atom stereocenters. The van der Waals surface area contributed by atoms with Gasteiger partial charge in [-0.3, -0.25) is 4.79 Å². The minimum absolute atomic E-state index is 0.137. The molecular weight excluding hydrogens is 362 g/mol. The normalized spacial score (nSPS) is 14.0. The van der Waals surface area contributed by atoms with Gasteiger partial charge in [-0.25, -0.2) is 0 Å². The molecule has 2 aromatic rings. The minimum Gasteiger partial charge on any atom is -0.454 e. The molecule has 1 aliphatic rings. The molecule has 1 aliphatic heterocycles. The summed E-state index contributed by atoms with van der Waals surface area (Å²) in [6.07, 6.45) is 2.81. The Morgan fingerprint density at radius 3 is 3.04 bits per heavy atom. The highest BCUT2D eigenvalue weighted by Gasteiger charge is 2.18. The molecule has 9 heteroatoms. The molecule has 26 heavy (non-hydrogen) atoms. The molecule has 3 rings (SSSR count). The number of methoxy groups -OCH3 is 1. The molecule has 0 bridgehead atoms. The van der Waals surface area contributed by atoms with Crippen molar-refractivity contribution < 1.29 is 23.5 Å². The summed E-state index contributed by atoms with van der Waals surface area (Å²) in [5.74, 6) is 1.62. The number of carbonyl (C=O) groups is 1. The van der Waals surface area contributed by atoms with Gasteiger partial charge in [-0.05, 0) is 30.7 Å². The third-order valence-electron chi connectivity index (χ3n) is 3.82. The maximum Gasteiger partial charge on any atom is 0.246 e. The van der Waals surface area contributed by atoms with Crippen LogP contribution in [0, 0.1) is 0 Å². The Morgan fingerprint density at radius 1 is 1.46 bits per heavy atom. The summed E-state index contributed by atoms with van der Waals surface area (Å²) >= 11 is 6.13. The molecule has 2 heterocycles. The van der Waals surface area contributed by atoms with Crippen LogP contribution in [-0.2, 0) is 16.1 Å². The van der Waals surface area contributed by atoms with Crippen molar-refractivity contribution in [3.8, 4) is 11.5 Å². The zero-order valence-electron chi connectivity index (χ0n) is 14.6. The van der Waals surface area contributed by atoms with Crippen LogP contribution in [0.3, 0.4) is 0 Å². The molecule has 0 saturated heterocycles. The van der Waals surface area contributed by atoms with E-state index in [-0.39, 0.29) is 25.3 Å². The third-order valence-corrected chi connectivity index (χ3v) is 4.10. The van der Waals surface area contributed by atoms with Gasteiger partial charge in [0.25, 0.3) is 0 Å². The van der Waals surface area contributed by atoms with E-state index < -0.39 is 0 Å². The predicted octanol–water partition coefficient (Wildman–Crippen LogP) is 2.83. The number of benzene rings is 1. The molecule has 1 aromatic carbocycles. The van der Waals surface area contributed by atoms with Crippen LogP contribution in [0.15, 0.2) is 22.7 Å². The molecule has 0 saturated carbocycles. The van der Waals surface area contributed by atoms with E-state index >= 15 is 0 Å². The molecule has 0 aliphatic carbocycles. The van der Waals surface area contributed by atoms with Crippen LogP contribution in [0.1, 0.15) is 30.3 Å². The number of hydrogen-bond acceptors (Lipinski definition) is 7. The third kappa shape index (κ3) is 3.97. The van der Waals surface area contributed by atoms with E-state index in [0.717, 1.165) is 5.56 Å². The van der Waals surface area contributed by atoms with Gasteiger partial charge in [-0.2, -0.15) is 4.98 Å². The molecule has 1 aromatic heterocycles. The molecule has 1 amide bonds. The highest BCUT2D eigenvalue weighted by atomic mass is 35.5. The SMILES string of the molecule is CO[C@@H](C)c1noc(CN(C)C(=O)/C=C\c2cc(Cl)c3c(c2)OCO3)n1. The summed E-state index contributed by atoms with van der Waals surface area (Å²) < 4.78 is 20.8. The van der Waals surface area contributed by atoms with E-state index in [4.69, 9.17) is 30.3 Å². The first-order valence-electron chi connectivity index (χ1n) is 7.85. The first-order chi connectivity index (χ1) is 12.5. The number of fused-ring (bicyclic) bond motifs is 1. The van der Waals surface area contributed by atoms with Crippen LogP contribution in [0.25, 0.3) is 6.08 Å². The van der Waals surface area contributed by atoms with Crippen molar-refractivity contribution >= 4 is 23.6 Å². The lowest BCUT2D eigenvalue weighted by atomic mass is 10.2. The number of halogens is 1. The second-order valence-electron chi connectivity index (χ2n) is 5.69. The van der Waals surface area contributed by atoms with E-state index in [0.29, 0.717) is 28.2 Å². The zero-order chi connectivity index (χ0) is 18.7. The van der Waals surface area contributed by atoms with Gasteiger partial charge >= 0.3 is 0 Å². The average Bonchev–Trinajstić information content (AvgIpc) is 3.28. The number of amides is 1. The molecule has 0 radical (unpaired) electrons. The second kappa shape index (κ2) is 7.76. The van der Waals surface area contributed by atoms with Gasteiger partial charge in [-0.15, -0.1) is 0 Å². The second-order valence-corrected chi connectivity index (χ2v) is 6.10. The van der Waals surface area contributed by atoms with Crippen molar-refractivity contribution in [3.05, 3.63) is 40.5 Å². The summed E-state index contributed by atoms with van der Waals surface area (Å²) in [6.45, 7) is 2.13. The Kier molecular flexibility index (Phi) is 5.43. The first-order valence-corrected chi connectivity index (χ1v) is 8.23. The van der Waals surface area contributed by atoms with Crippen LogP contribution in [0.5, 0.6) is 11.5 Å². The van der Waals surface area contributed by atoms with E-state index in [1.807, 2.05) is 6.92 Å². The Bertz CT molecular complexity index is 836. The summed E-state index contributed by atoms with van der Waals surface area (Å²) in [5.41, 5.74) is 0.731. The van der Waals surface area contributed by atoms with Gasteiger partial charge in [0.05, 0.1) is 11.6 Å². The summed E-state index contributed by atoms with van der Waals surface area (Å²) in [7, 11) is 3.20. The Morgan fingerprint density at radius 2 is 2.27 bits per heavy atom. The highest BCUT2D eigenvalue weighted by Crippen LogP contribution is 2.40. The fourth-order valence-corrected chi connectivity index (χ4v) is 2.54. The van der Waals surface area contributed by atoms with E-state index in [1.165, 1.54) is 11.0 Å². The van der Waals surface area contributed by atoms with E-state index in [2.05, 4.69) is 10.1 Å². The lowest BCUT2D eigenvalue weighted by Crippen LogP contribution is -2.24.